The summed E-state index contributed by atoms with van der Waals surface area (Å²) in [6.45, 7) is -0.574. The number of benzene rings is 1. The summed E-state index contributed by atoms with van der Waals surface area (Å²) in [6, 6.07) is 3.28. The van der Waals surface area contributed by atoms with Gasteiger partial charge in [0.25, 0.3) is 11.6 Å². The standard InChI is InChI=1S/C14H15BrN2O7S/c1-16(10-4-5-25(22,23)8-10)13(18)7-24-14(19)9-2-3-11(15)12(6-9)17(20)21/h2-3,6,10H,4-5,7-8H2,1H3. The maximum absolute atomic E-state index is 12.0. The highest BCUT2D eigenvalue weighted by Gasteiger charge is 2.33. The molecule has 0 aromatic heterocycles. The van der Waals surface area contributed by atoms with E-state index in [0.29, 0.717) is 6.42 Å². The highest BCUT2D eigenvalue weighted by molar-refractivity contribution is 9.10. The second kappa shape index (κ2) is 7.48. The lowest BCUT2D eigenvalue weighted by Crippen LogP contribution is -2.40. The molecule has 0 bridgehead atoms. The van der Waals surface area contributed by atoms with Crippen molar-refractivity contribution in [2.24, 2.45) is 0 Å². The first kappa shape index (κ1) is 19.3. The molecule has 1 fully saturated rings. The van der Waals surface area contributed by atoms with Crippen LogP contribution in [-0.2, 0) is 19.4 Å². The second-order valence-electron chi connectivity index (χ2n) is 5.56. The predicted molar refractivity (Wildman–Crippen MR) is 90.9 cm³/mol. The average molecular weight is 435 g/mol. The summed E-state index contributed by atoms with van der Waals surface area (Å²) in [5.41, 5.74) is -0.358. The first-order valence-electron chi connectivity index (χ1n) is 7.18. The van der Waals surface area contributed by atoms with Crippen LogP contribution in [-0.4, -0.2) is 61.3 Å². The van der Waals surface area contributed by atoms with E-state index in [1.165, 1.54) is 24.1 Å². The van der Waals surface area contributed by atoms with E-state index >= 15 is 0 Å². The zero-order valence-corrected chi connectivity index (χ0v) is 15.6. The van der Waals surface area contributed by atoms with Gasteiger partial charge in [-0.15, -0.1) is 0 Å². The SMILES string of the molecule is CN(C(=O)COC(=O)c1ccc(Br)c([N+](=O)[O-])c1)C1CCS(=O)(=O)C1. The molecule has 1 aliphatic heterocycles. The van der Waals surface area contributed by atoms with Crippen molar-refractivity contribution in [3.63, 3.8) is 0 Å². The fourth-order valence-corrected chi connectivity index (χ4v) is 4.54. The van der Waals surface area contributed by atoms with Crippen molar-refractivity contribution >= 4 is 43.3 Å². The van der Waals surface area contributed by atoms with Gasteiger partial charge in [-0.3, -0.25) is 14.9 Å². The molecule has 25 heavy (non-hydrogen) atoms. The number of amides is 1. The molecule has 0 N–H and O–H groups in total. The fraction of sp³-hybridized carbons (Fsp3) is 0.429. The van der Waals surface area contributed by atoms with Gasteiger partial charge in [-0.2, -0.15) is 0 Å². The van der Waals surface area contributed by atoms with Crippen LogP contribution in [0.5, 0.6) is 0 Å². The summed E-state index contributed by atoms with van der Waals surface area (Å²) in [5.74, 6) is -1.50. The molecule has 0 aliphatic carbocycles. The smallest absolute Gasteiger partial charge is 0.338 e. The number of halogens is 1. The largest absolute Gasteiger partial charge is 0.452 e. The molecule has 1 aromatic carbocycles. The van der Waals surface area contributed by atoms with E-state index in [-0.39, 0.29) is 27.2 Å². The fourth-order valence-electron chi connectivity index (χ4n) is 2.38. The average Bonchev–Trinajstić information content (AvgIpc) is 2.91. The lowest BCUT2D eigenvalue weighted by molar-refractivity contribution is -0.385. The van der Waals surface area contributed by atoms with Gasteiger partial charge in [0.2, 0.25) is 0 Å². The van der Waals surface area contributed by atoms with Gasteiger partial charge in [0, 0.05) is 19.2 Å². The highest BCUT2D eigenvalue weighted by Crippen LogP contribution is 2.26. The summed E-state index contributed by atoms with van der Waals surface area (Å²) >= 11 is 3.00. The van der Waals surface area contributed by atoms with Crippen LogP contribution in [0.2, 0.25) is 0 Å². The summed E-state index contributed by atoms with van der Waals surface area (Å²) in [6.07, 6.45) is 0.345. The number of nitrogens with zero attached hydrogens (tertiary/aromatic N) is 2. The number of likely N-dealkylation sites (N-methyl/N-ethyl adjacent to an activating group) is 1. The molecule has 1 aliphatic rings. The second-order valence-corrected chi connectivity index (χ2v) is 8.64. The van der Waals surface area contributed by atoms with E-state index < -0.39 is 39.3 Å². The Kier molecular flexibility index (Phi) is 5.78. The van der Waals surface area contributed by atoms with Crippen LogP contribution < -0.4 is 0 Å². The number of carbonyl (C=O) groups is 2. The molecular formula is C14H15BrN2O7S. The first-order chi connectivity index (χ1) is 11.6. The van der Waals surface area contributed by atoms with Crippen LogP contribution >= 0.6 is 15.9 Å². The Morgan fingerprint density at radius 2 is 2.12 bits per heavy atom. The highest BCUT2D eigenvalue weighted by atomic mass is 79.9. The van der Waals surface area contributed by atoms with Crippen LogP contribution in [0.15, 0.2) is 22.7 Å². The summed E-state index contributed by atoms with van der Waals surface area (Å²) < 4.78 is 28.0. The molecule has 1 atom stereocenters. The van der Waals surface area contributed by atoms with Crippen LogP contribution in [0.3, 0.4) is 0 Å². The third-order valence-corrected chi connectivity index (χ3v) is 6.28. The Balaban J connectivity index is 1.97. The Hall–Kier alpha value is -2.01. The molecule has 0 saturated carbocycles. The van der Waals surface area contributed by atoms with Gasteiger partial charge >= 0.3 is 5.97 Å². The van der Waals surface area contributed by atoms with Crippen LogP contribution in [0.4, 0.5) is 5.69 Å². The van der Waals surface area contributed by atoms with E-state index in [4.69, 9.17) is 4.74 Å². The number of ether oxygens (including phenoxy) is 1. The molecular weight excluding hydrogens is 420 g/mol. The number of nitro groups is 1. The minimum absolute atomic E-state index is 0.0254. The number of esters is 1. The monoisotopic (exact) mass is 434 g/mol. The van der Waals surface area contributed by atoms with Gasteiger partial charge < -0.3 is 9.64 Å². The molecule has 136 valence electrons. The number of hydrogen-bond acceptors (Lipinski definition) is 7. The molecule has 1 aromatic rings. The van der Waals surface area contributed by atoms with Crippen molar-refractivity contribution in [2.45, 2.75) is 12.5 Å². The quantitative estimate of drug-likeness (QED) is 0.386. The third kappa shape index (κ3) is 4.75. The molecule has 1 amide bonds. The molecule has 0 radical (unpaired) electrons. The van der Waals surface area contributed by atoms with Crippen molar-refractivity contribution in [1.29, 1.82) is 0 Å². The van der Waals surface area contributed by atoms with Crippen molar-refractivity contribution in [1.82, 2.24) is 4.90 Å². The van der Waals surface area contributed by atoms with Gasteiger partial charge in [-0.25, -0.2) is 13.2 Å². The van der Waals surface area contributed by atoms with Crippen molar-refractivity contribution in [2.75, 3.05) is 25.2 Å². The number of sulfone groups is 1. The Labute approximate surface area is 152 Å². The topological polar surface area (TPSA) is 124 Å². The normalized spacial score (nSPS) is 18.6. The van der Waals surface area contributed by atoms with Crippen LogP contribution in [0.1, 0.15) is 16.8 Å². The summed E-state index contributed by atoms with van der Waals surface area (Å²) in [5, 5.41) is 10.9. The maximum atomic E-state index is 12.0. The van der Waals surface area contributed by atoms with Crippen molar-refractivity contribution in [3.05, 3.63) is 38.3 Å². The molecule has 1 saturated heterocycles. The van der Waals surface area contributed by atoms with Gasteiger partial charge in [0.15, 0.2) is 16.4 Å². The van der Waals surface area contributed by atoms with E-state index in [1.807, 2.05) is 0 Å². The van der Waals surface area contributed by atoms with Gasteiger partial charge in [-0.05, 0) is 34.5 Å². The van der Waals surface area contributed by atoms with E-state index in [1.54, 1.807) is 0 Å². The molecule has 11 heteroatoms. The molecule has 1 heterocycles. The molecule has 0 spiro atoms. The van der Waals surface area contributed by atoms with Crippen molar-refractivity contribution in [3.8, 4) is 0 Å². The van der Waals surface area contributed by atoms with E-state index in [2.05, 4.69) is 15.9 Å². The Bertz CT molecular complexity index is 824. The maximum Gasteiger partial charge on any atom is 0.338 e. The number of rotatable bonds is 5. The van der Waals surface area contributed by atoms with Gasteiger partial charge in [-0.1, -0.05) is 0 Å². The van der Waals surface area contributed by atoms with E-state index in [0.717, 1.165) is 6.07 Å². The zero-order chi connectivity index (χ0) is 18.8. The number of carbonyl (C=O) groups excluding carboxylic acids is 2. The zero-order valence-electron chi connectivity index (χ0n) is 13.2. The predicted octanol–water partition coefficient (Wildman–Crippen LogP) is 1.16. The summed E-state index contributed by atoms with van der Waals surface area (Å²) in [7, 11) is -1.68. The lowest BCUT2D eigenvalue weighted by Gasteiger charge is -2.23. The number of hydrogen-bond donors (Lipinski definition) is 0. The molecule has 9 nitrogen and oxygen atoms in total. The minimum Gasteiger partial charge on any atom is -0.452 e. The van der Waals surface area contributed by atoms with E-state index in [9.17, 15) is 28.1 Å². The third-order valence-electron chi connectivity index (χ3n) is 3.85. The first-order valence-corrected chi connectivity index (χ1v) is 9.79. The summed E-state index contributed by atoms with van der Waals surface area (Å²) in [4.78, 5) is 35.5. The van der Waals surface area contributed by atoms with Crippen LogP contribution in [0.25, 0.3) is 0 Å². The van der Waals surface area contributed by atoms with Crippen LogP contribution in [0, 0.1) is 10.1 Å². The van der Waals surface area contributed by atoms with Crippen molar-refractivity contribution < 1.29 is 27.7 Å². The number of nitro benzene ring substituents is 1. The van der Waals surface area contributed by atoms with Gasteiger partial charge in [0.05, 0.1) is 26.5 Å². The Morgan fingerprint density at radius 1 is 1.44 bits per heavy atom. The Morgan fingerprint density at radius 3 is 2.68 bits per heavy atom. The lowest BCUT2D eigenvalue weighted by atomic mass is 10.2. The molecule has 1 unspecified atom stereocenters. The van der Waals surface area contributed by atoms with Gasteiger partial charge in [0.1, 0.15) is 0 Å². The minimum atomic E-state index is -3.14. The molecule has 2 rings (SSSR count).